The molecule has 1 saturated heterocycles. The Bertz CT molecular complexity index is 539. The number of rotatable bonds is 7. The van der Waals surface area contributed by atoms with Crippen LogP contribution in [0.1, 0.15) is 49.1 Å². The third-order valence-electron chi connectivity index (χ3n) is 4.29. The maximum Gasteiger partial charge on any atom is 0.303 e. The first kappa shape index (κ1) is 17.8. The number of amides is 1. The van der Waals surface area contributed by atoms with Crippen LogP contribution in [0.4, 0.5) is 0 Å². The van der Waals surface area contributed by atoms with E-state index in [0.29, 0.717) is 17.9 Å². The van der Waals surface area contributed by atoms with Crippen LogP contribution < -0.4 is 0 Å². The fourth-order valence-corrected chi connectivity index (χ4v) is 4.01. The van der Waals surface area contributed by atoms with E-state index in [4.69, 9.17) is 9.63 Å². The fourth-order valence-electron chi connectivity index (χ4n) is 2.95. The van der Waals surface area contributed by atoms with Crippen molar-refractivity contribution >= 4 is 23.6 Å². The van der Waals surface area contributed by atoms with Crippen molar-refractivity contribution in [2.75, 3.05) is 12.3 Å². The number of carboxylic acid groups (broad SMARTS) is 1. The molecule has 1 fully saturated rings. The molecule has 128 valence electrons. The maximum atomic E-state index is 12.5. The summed E-state index contributed by atoms with van der Waals surface area (Å²) in [6.07, 6.45) is 3.66. The zero-order valence-electron chi connectivity index (χ0n) is 13.7. The Morgan fingerprint density at radius 1 is 1.39 bits per heavy atom. The molecule has 0 bridgehead atoms. The molecule has 1 aromatic rings. The van der Waals surface area contributed by atoms with Crippen LogP contribution in [0, 0.1) is 13.8 Å². The molecule has 0 aromatic carbocycles. The van der Waals surface area contributed by atoms with Crippen LogP contribution in [0.5, 0.6) is 0 Å². The average Bonchev–Trinajstić information content (AvgIpc) is 2.85. The average molecular weight is 340 g/mol. The standard InChI is InChI=1S/C16H24N2O4S/c1-11-14(12(2)22-17-11)9-23-10-15(19)18-8-4-3-5-13(18)6-7-16(20)21/h13H,3-10H2,1-2H3,(H,20,21). The molecule has 1 N–H and O–H groups in total. The molecule has 1 aliphatic rings. The number of nitrogens with zero attached hydrogens (tertiary/aromatic N) is 2. The van der Waals surface area contributed by atoms with E-state index >= 15 is 0 Å². The number of carbonyl (C=O) groups is 2. The lowest BCUT2D eigenvalue weighted by Gasteiger charge is -2.35. The summed E-state index contributed by atoms with van der Waals surface area (Å²) in [7, 11) is 0. The van der Waals surface area contributed by atoms with Gasteiger partial charge >= 0.3 is 5.97 Å². The highest BCUT2D eigenvalue weighted by Gasteiger charge is 2.26. The molecule has 0 aliphatic carbocycles. The van der Waals surface area contributed by atoms with E-state index in [-0.39, 0.29) is 18.4 Å². The van der Waals surface area contributed by atoms with Crippen LogP contribution >= 0.6 is 11.8 Å². The lowest BCUT2D eigenvalue weighted by atomic mass is 9.98. The van der Waals surface area contributed by atoms with Gasteiger partial charge in [-0.05, 0) is 39.5 Å². The van der Waals surface area contributed by atoms with Crippen LogP contribution in [0.15, 0.2) is 4.52 Å². The minimum atomic E-state index is -0.796. The van der Waals surface area contributed by atoms with Crippen molar-refractivity contribution in [1.29, 1.82) is 0 Å². The number of aromatic nitrogens is 1. The highest BCUT2D eigenvalue weighted by atomic mass is 32.2. The minimum absolute atomic E-state index is 0.0759. The van der Waals surface area contributed by atoms with E-state index in [1.54, 1.807) is 11.8 Å². The van der Waals surface area contributed by atoms with Gasteiger partial charge in [-0.25, -0.2) is 0 Å². The molecular formula is C16H24N2O4S. The smallest absolute Gasteiger partial charge is 0.303 e. The molecule has 1 unspecified atom stereocenters. The fraction of sp³-hybridized carbons (Fsp3) is 0.688. The summed E-state index contributed by atoms with van der Waals surface area (Å²) in [5.41, 5.74) is 1.93. The molecule has 23 heavy (non-hydrogen) atoms. The van der Waals surface area contributed by atoms with Crippen molar-refractivity contribution in [3.05, 3.63) is 17.0 Å². The van der Waals surface area contributed by atoms with Crippen LogP contribution in [0.25, 0.3) is 0 Å². The monoisotopic (exact) mass is 340 g/mol. The Hall–Kier alpha value is -1.50. The van der Waals surface area contributed by atoms with Gasteiger partial charge in [-0.2, -0.15) is 0 Å². The third kappa shape index (κ3) is 4.99. The predicted molar refractivity (Wildman–Crippen MR) is 88.4 cm³/mol. The lowest BCUT2D eigenvalue weighted by molar-refractivity contribution is -0.139. The van der Waals surface area contributed by atoms with Crippen LogP contribution in [-0.4, -0.2) is 45.4 Å². The number of aliphatic carboxylic acids is 1. The number of likely N-dealkylation sites (tertiary alicyclic amines) is 1. The van der Waals surface area contributed by atoms with E-state index in [1.807, 2.05) is 18.7 Å². The third-order valence-corrected chi connectivity index (χ3v) is 5.24. The quantitative estimate of drug-likeness (QED) is 0.822. The van der Waals surface area contributed by atoms with Gasteiger partial charge in [-0.3, -0.25) is 9.59 Å². The van der Waals surface area contributed by atoms with Gasteiger partial charge in [0.25, 0.3) is 0 Å². The van der Waals surface area contributed by atoms with Gasteiger partial charge in [0.1, 0.15) is 5.76 Å². The summed E-state index contributed by atoms with van der Waals surface area (Å²) < 4.78 is 5.13. The molecule has 1 aromatic heterocycles. The number of aryl methyl sites for hydroxylation is 2. The van der Waals surface area contributed by atoms with Gasteiger partial charge < -0.3 is 14.5 Å². The van der Waals surface area contributed by atoms with Crippen molar-refractivity contribution in [3.8, 4) is 0 Å². The molecule has 6 nitrogen and oxygen atoms in total. The maximum absolute atomic E-state index is 12.5. The van der Waals surface area contributed by atoms with E-state index in [0.717, 1.165) is 42.8 Å². The second kappa shape index (κ2) is 8.38. The van der Waals surface area contributed by atoms with E-state index in [9.17, 15) is 9.59 Å². The number of piperidine rings is 1. The number of carboxylic acids is 1. The van der Waals surface area contributed by atoms with Crippen molar-refractivity contribution in [3.63, 3.8) is 0 Å². The molecule has 1 atom stereocenters. The highest BCUT2D eigenvalue weighted by Crippen LogP contribution is 2.24. The lowest BCUT2D eigenvalue weighted by Crippen LogP contribution is -2.44. The summed E-state index contributed by atoms with van der Waals surface area (Å²) in [5, 5.41) is 12.8. The Balaban J connectivity index is 1.84. The SMILES string of the molecule is Cc1noc(C)c1CSCC(=O)N1CCCCC1CCC(=O)O. The Morgan fingerprint density at radius 3 is 2.83 bits per heavy atom. The van der Waals surface area contributed by atoms with Gasteiger partial charge in [0.2, 0.25) is 5.91 Å². The van der Waals surface area contributed by atoms with E-state index in [1.165, 1.54) is 0 Å². The van der Waals surface area contributed by atoms with Gasteiger partial charge in [-0.1, -0.05) is 5.16 Å². The topological polar surface area (TPSA) is 83.6 Å². The molecule has 7 heteroatoms. The van der Waals surface area contributed by atoms with Gasteiger partial charge in [0.15, 0.2) is 0 Å². The van der Waals surface area contributed by atoms with E-state index < -0.39 is 5.97 Å². The highest BCUT2D eigenvalue weighted by molar-refractivity contribution is 7.99. The molecule has 2 heterocycles. The number of hydrogen-bond acceptors (Lipinski definition) is 5. The predicted octanol–water partition coefficient (Wildman–Crippen LogP) is 2.77. The first-order chi connectivity index (χ1) is 11.0. The molecule has 1 amide bonds. The summed E-state index contributed by atoms with van der Waals surface area (Å²) in [6.45, 7) is 4.53. The van der Waals surface area contributed by atoms with Crippen molar-refractivity contribution in [2.24, 2.45) is 0 Å². The van der Waals surface area contributed by atoms with Crippen LogP contribution in [-0.2, 0) is 15.3 Å². The largest absolute Gasteiger partial charge is 0.481 e. The molecular weight excluding hydrogens is 316 g/mol. The van der Waals surface area contributed by atoms with Crippen LogP contribution in [0.2, 0.25) is 0 Å². The Kier molecular flexibility index (Phi) is 6.50. The summed E-state index contributed by atoms with van der Waals surface area (Å²) in [4.78, 5) is 25.1. The van der Waals surface area contributed by atoms with Crippen molar-refractivity contribution in [2.45, 2.75) is 57.7 Å². The summed E-state index contributed by atoms with van der Waals surface area (Å²) >= 11 is 1.56. The van der Waals surface area contributed by atoms with Gasteiger partial charge in [-0.15, -0.1) is 11.8 Å². The molecule has 1 aliphatic heterocycles. The molecule has 2 rings (SSSR count). The van der Waals surface area contributed by atoms with Crippen molar-refractivity contribution in [1.82, 2.24) is 10.1 Å². The number of hydrogen-bond donors (Lipinski definition) is 1. The zero-order chi connectivity index (χ0) is 16.8. The second-order valence-corrected chi connectivity index (χ2v) is 6.95. The summed E-state index contributed by atoms with van der Waals surface area (Å²) in [6, 6.07) is 0.0759. The normalized spacial score (nSPS) is 18.2. The first-order valence-corrected chi connectivity index (χ1v) is 9.15. The van der Waals surface area contributed by atoms with Gasteiger partial charge in [0.05, 0.1) is 11.4 Å². The molecule has 0 saturated carbocycles. The Morgan fingerprint density at radius 2 is 2.17 bits per heavy atom. The molecule has 0 radical (unpaired) electrons. The summed E-state index contributed by atoms with van der Waals surface area (Å²) in [5.74, 6) is 1.24. The van der Waals surface area contributed by atoms with E-state index in [2.05, 4.69) is 5.16 Å². The Labute approximate surface area is 140 Å². The molecule has 0 spiro atoms. The first-order valence-electron chi connectivity index (χ1n) is 7.99. The van der Waals surface area contributed by atoms with Gasteiger partial charge in [0, 0.05) is 30.3 Å². The zero-order valence-corrected chi connectivity index (χ0v) is 14.5. The number of thioether (sulfide) groups is 1. The minimum Gasteiger partial charge on any atom is -0.481 e. The van der Waals surface area contributed by atoms with Crippen LogP contribution in [0.3, 0.4) is 0 Å². The van der Waals surface area contributed by atoms with Crippen molar-refractivity contribution < 1.29 is 19.2 Å². The second-order valence-electron chi connectivity index (χ2n) is 5.96. The number of carbonyl (C=O) groups excluding carboxylic acids is 1.